The highest BCUT2D eigenvalue weighted by atomic mass is 32.2. The van der Waals surface area contributed by atoms with Crippen molar-refractivity contribution in [2.24, 2.45) is 5.41 Å². The number of hydrogen-bond donors (Lipinski definition) is 0. The summed E-state index contributed by atoms with van der Waals surface area (Å²) in [5.74, 6) is -0.713. The van der Waals surface area contributed by atoms with Crippen LogP contribution in [0.25, 0.3) is 0 Å². The molecule has 160 valence electrons. The Labute approximate surface area is 173 Å². The zero-order valence-electron chi connectivity index (χ0n) is 17.9. The highest BCUT2D eigenvalue weighted by molar-refractivity contribution is 7.90. The second-order valence-electron chi connectivity index (χ2n) is 9.36. The number of carbonyl (C=O) groups excluding carboxylic acids is 2. The molecular weight excluding hydrogens is 390 g/mol. The van der Waals surface area contributed by atoms with E-state index in [4.69, 9.17) is 0 Å². The van der Waals surface area contributed by atoms with Crippen LogP contribution in [0.15, 0.2) is 23.1 Å². The van der Waals surface area contributed by atoms with Crippen molar-refractivity contribution < 1.29 is 18.0 Å². The summed E-state index contributed by atoms with van der Waals surface area (Å²) in [6.45, 7) is 13.8. The van der Waals surface area contributed by atoms with Crippen LogP contribution in [0.3, 0.4) is 0 Å². The van der Waals surface area contributed by atoms with Gasteiger partial charge in [-0.1, -0.05) is 20.8 Å². The molecule has 1 aromatic rings. The number of piperazine rings is 1. The Balaban J connectivity index is 1.72. The van der Waals surface area contributed by atoms with E-state index in [0.717, 1.165) is 30.4 Å². The number of sulfonamides is 1. The van der Waals surface area contributed by atoms with Crippen LogP contribution in [0.2, 0.25) is 0 Å². The topological polar surface area (TPSA) is 78.0 Å². The smallest absolute Gasteiger partial charge is 0.269 e. The molecule has 8 heteroatoms. The number of nitrogens with zero attached hydrogens (tertiary/aromatic N) is 3. The van der Waals surface area contributed by atoms with E-state index in [1.165, 1.54) is 12.1 Å². The molecule has 0 N–H and O–H groups in total. The largest absolute Gasteiger partial charge is 0.336 e. The minimum Gasteiger partial charge on any atom is -0.336 e. The van der Waals surface area contributed by atoms with E-state index >= 15 is 0 Å². The summed E-state index contributed by atoms with van der Waals surface area (Å²) in [5, 5.41) is 0. The second kappa shape index (κ2) is 7.72. The van der Waals surface area contributed by atoms with Crippen molar-refractivity contribution in [2.45, 2.75) is 52.0 Å². The lowest BCUT2D eigenvalue weighted by Gasteiger charge is -2.36. The predicted octanol–water partition coefficient (Wildman–Crippen LogP) is 2.43. The second-order valence-corrected chi connectivity index (χ2v) is 11.1. The fourth-order valence-electron chi connectivity index (χ4n) is 3.74. The van der Waals surface area contributed by atoms with Gasteiger partial charge in [0.15, 0.2) is 0 Å². The highest BCUT2D eigenvalue weighted by Crippen LogP contribution is 2.33. The van der Waals surface area contributed by atoms with Crippen molar-refractivity contribution in [1.82, 2.24) is 14.1 Å². The van der Waals surface area contributed by atoms with Gasteiger partial charge in [0.05, 0.1) is 5.56 Å². The van der Waals surface area contributed by atoms with E-state index in [9.17, 15) is 18.0 Å². The Morgan fingerprint density at radius 3 is 2.28 bits per heavy atom. The molecule has 0 radical (unpaired) electrons. The maximum absolute atomic E-state index is 12.9. The molecule has 1 saturated heterocycles. The van der Waals surface area contributed by atoms with Crippen LogP contribution in [0.4, 0.5) is 0 Å². The number of hydrogen-bond acceptors (Lipinski definition) is 5. The zero-order valence-corrected chi connectivity index (χ0v) is 18.8. The van der Waals surface area contributed by atoms with E-state index in [0.29, 0.717) is 18.7 Å². The standard InChI is InChI=1S/C21H31N3O4S/c1-15(2)24-20(26)17-7-6-16(14-18(17)29(24,27)28)19(25)23-12-10-22(11-13-23)9-8-21(3,4)5/h6-7,14-15H,8-13H2,1-5H3. The van der Waals surface area contributed by atoms with Crippen LogP contribution < -0.4 is 0 Å². The van der Waals surface area contributed by atoms with Crippen molar-refractivity contribution in [3.63, 3.8) is 0 Å². The third-order valence-corrected chi connectivity index (χ3v) is 7.50. The van der Waals surface area contributed by atoms with E-state index in [2.05, 4.69) is 25.7 Å². The van der Waals surface area contributed by atoms with Crippen LogP contribution in [-0.2, 0) is 10.0 Å². The Hall–Kier alpha value is -1.93. The number of amides is 2. The molecule has 2 aliphatic heterocycles. The minimum atomic E-state index is -3.91. The molecule has 29 heavy (non-hydrogen) atoms. The molecule has 2 aliphatic rings. The molecule has 0 saturated carbocycles. The van der Waals surface area contributed by atoms with Gasteiger partial charge in [0, 0.05) is 37.8 Å². The monoisotopic (exact) mass is 421 g/mol. The molecular formula is C21H31N3O4S. The maximum atomic E-state index is 12.9. The molecule has 0 unspecified atom stereocenters. The number of carbonyl (C=O) groups is 2. The zero-order chi connectivity index (χ0) is 21.6. The Morgan fingerprint density at radius 1 is 1.10 bits per heavy atom. The van der Waals surface area contributed by atoms with Crippen molar-refractivity contribution >= 4 is 21.8 Å². The molecule has 3 rings (SSSR count). The molecule has 1 aromatic carbocycles. The first-order valence-electron chi connectivity index (χ1n) is 10.2. The fraction of sp³-hybridized carbons (Fsp3) is 0.619. The molecule has 7 nitrogen and oxygen atoms in total. The normalized spacial score (nSPS) is 19.7. The summed E-state index contributed by atoms with van der Waals surface area (Å²) in [4.78, 5) is 29.5. The van der Waals surface area contributed by atoms with Gasteiger partial charge in [-0.05, 0) is 50.4 Å². The van der Waals surface area contributed by atoms with E-state index in [1.54, 1.807) is 24.8 Å². The predicted molar refractivity (Wildman–Crippen MR) is 111 cm³/mol. The van der Waals surface area contributed by atoms with Crippen molar-refractivity contribution in [3.05, 3.63) is 29.3 Å². The van der Waals surface area contributed by atoms with Gasteiger partial charge in [-0.3, -0.25) is 14.5 Å². The molecule has 1 fully saturated rings. The first kappa shape index (κ1) is 21.8. The Morgan fingerprint density at radius 2 is 1.72 bits per heavy atom. The molecule has 2 amide bonds. The van der Waals surface area contributed by atoms with Crippen LogP contribution in [0, 0.1) is 5.41 Å². The van der Waals surface area contributed by atoms with Gasteiger partial charge in [-0.15, -0.1) is 0 Å². The molecule has 0 aromatic heterocycles. The van der Waals surface area contributed by atoms with Crippen LogP contribution >= 0.6 is 0 Å². The summed E-state index contributed by atoms with van der Waals surface area (Å²) < 4.78 is 26.4. The number of benzene rings is 1. The number of fused-ring (bicyclic) bond motifs is 1. The maximum Gasteiger partial charge on any atom is 0.269 e. The van der Waals surface area contributed by atoms with E-state index < -0.39 is 22.0 Å². The third kappa shape index (κ3) is 4.33. The van der Waals surface area contributed by atoms with Gasteiger partial charge in [0.1, 0.15) is 4.90 Å². The van der Waals surface area contributed by atoms with Crippen LogP contribution in [0.1, 0.15) is 61.8 Å². The van der Waals surface area contributed by atoms with Crippen molar-refractivity contribution in [3.8, 4) is 0 Å². The molecule has 0 bridgehead atoms. The van der Waals surface area contributed by atoms with Gasteiger partial charge in [-0.25, -0.2) is 12.7 Å². The van der Waals surface area contributed by atoms with Crippen molar-refractivity contribution in [1.29, 1.82) is 0 Å². The van der Waals surface area contributed by atoms with Crippen molar-refractivity contribution in [2.75, 3.05) is 32.7 Å². The molecule has 0 atom stereocenters. The molecule has 0 aliphatic carbocycles. The SMILES string of the molecule is CC(C)N1C(=O)c2ccc(C(=O)N3CCN(CCC(C)(C)C)CC3)cc2S1(=O)=O. The summed E-state index contributed by atoms with van der Waals surface area (Å²) in [5.41, 5.74) is 0.737. The van der Waals surface area contributed by atoms with Gasteiger partial charge in [-0.2, -0.15) is 0 Å². The summed E-state index contributed by atoms with van der Waals surface area (Å²) in [7, 11) is -3.91. The van der Waals surface area contributed by atoms with Crippen LogP contribution in [-0.4, -0.2) is 73.1 Å². The fourth-order valence-corrected chi connectivity index (χ4v) is 5.53. The molecule has 2 heterocycles. The first-order chi connectivity index (χ1) is 13.4. The van der Waals surface area contributed by atoms with E-state index in [-0.39, 0.29) is 21.8 Å². The van der Waals surface area contributed by atoms with Gasteiger partial charge < -0.3 is 4.90 Å². The summed E-state index contributed by atoms with van der Waals surface area (Å²) in [6, 6.07) is 3.91. The Kier molecular flexibility index (Phi) is 5.80. The quantitative estimate of drug-likeness (QED) is 0.746. The Bertz CT molecular complexity index is 910. The lowest BCUT2D eigenvalue weighted by molar-refractivity contribution is 0.0622. The van der Waals surface area contributed by atoms with Gasteiger partial charge >= 0.3 is 0 Å². The molecule has 0 spiro atoms. The van der Waals surface area contributed by atoms with E-state index in [1.807, 2.05) is 0 Å². The summed E-state index contributed by atoms with van der Waals surface area (Å²) in [6.07, 6.45) is 1.10. The number of rotatable bonds is 4. The third-order valence-electron chi connectivity index (χ3n) is 5.50. The van der Waals surface area contributed by atoms with Gasteiger partial charge in [0.2, 0.25) is 0 Å². The average molecular weight is 422 g/mol. The highest BCUT2D eigenvalue weighted by Gasteiger charge is 2.43. The first-order valence-corrected chi connectivity index (χ1v) is 11.6. The average Bonchev–Trinajstić information content (AvgIpc) is 2.84. The minimum absolute atomic E-state index is 0.0640. The van der Waals surface area contributed by atoms with Crippen LogP contribution in [0.5, 0.6) is 0 Å². The lowest BCUT2D eigenvalue weighted by Crippen LogP contribution is -2.49. The van der Waals surface area contributed by atoms with Gasteiger partial charge in [0.25, 0.3) is 21.8 Å². The lowest BCUT2D eigenvalue weighted by atomic mass is 9.92. The summed E-state index contributed by atoms with van der Waals surface area (Å²) >= 11 is 0.